The molecular formula is C32H54O6S. The summed E-state index contributed by atoms with van der Waals surface area (Å²) in [5, 5.41) is 10.2. The molecule has 0 saturated carbocycles. The lowest BCUT2D eigenvalue weighted by Gasteiger charge is -2.31. The average molecular weight is 567 g/mol. The maximum absolute atomic E-state index is 13.6. The number of carbonyl (C=O) groups is 1. The summed E-state index contributed by atoms with van der Waals surface area (Å²) in [6, 6.07) is 7.23. The van der Waals surface area contributed by atoms with Gasteiger partial charge in [0, 0.05) is 17.9 Å². The summed E-state index contributed by atoms with van der Waals surface area (Å²) in [4.78, 5) is 13.7. The molecule has 0 spiro atoms. The molecule has 0 radical (unpaired) electrons. The highest BCUT2D eigenvalue weighted by Crippen LogP contribution is 2.26. The van der Waals surface area contributed by atoms with E-state index in [1.54, 1.807) is 32.9 Å². The monoisotopic (exact) mass is 566 g/mol. The molecule has 6 nitrogen and oxygen atoms in total. The van der Waals surface area contributed by atoms with Crippen molar-refractivity contribution in [3.8, 4) is 0 Å². The van der Waals surface area contributed by atoms with Gasteiger partial charge >= 0.3 is 5.97 Å². The lowest BCUT2D eigenvalue weighted by molar-refractivity contribution is -0.194. The number of rotatable bonds is 18. The van der Waals surface area contributed by atoms with Crippen molar-refractivity contribution in [3.63, 3.8) is 0 Å². The largest absolute Gasteiger partial charge is 0.459 e. The van der Waals surface area contributed by atoms with Crippen LogP contribution in [0.1, 0.15) is 123 Å². The van der Waals surface area contributed by atoms with Crippen molar-refractivity contribution in [2.45, 2.75) is 159 Å². The predicted molar refractivity (Wildman–Crippen MR) is 158 cm³/mol. The van der Waals surface area contributed by atoms with Crippen LogP contribution >= 0.6 is 0 Å². The first-order valence-corrected chi connectivity index (χ1v) is 16.5. The lowest BCUT2D eigenvalue weighted by atomic mass is 10.0. The highest BCUT2D eigenvalue weighted by Gasteiger charge is 2.38. The van der Waals surface area contributed by atoms with E-state index in [0.29, 0.717) is 11.5 Å². The van der Waals surface area contributed by atoms with E-state index in [2.05, 4.69) is 6.92 Å². The van der Waals surface area contributed by atoms with Crippen LogP contribution in [0.25, 0.3) is 0 Å². The molecule has 7 heteroatoms. The van der Waals surface area contributed by atoms with Gasteiger partial charge in [-0.05, 0) is 65.5 Å². The Morgan fingerprint density at radius 1 is 1.03 bits per heavy atom. The minimum absolute atomic E-state index is 0.207. The van der Waals surface area contributed by atoms with Crippen molar-refractivity contribution in [2.75, 3.05) is 6.61 Å². The topological polar surface area (TPSA) is 82.1 Å². The number of aliphatic hydroxyl groups excluding tert-OH is 1. The highest BCUT2D eigenvalue weighted by molar-refractivity contribution is 7.86. The van der Waals surface area contributed by atoms with E-state index >= 15 is 0 Å². The van der Waals surface area contributed by atoms with Crippen LogP contribution in [0, 0.1) is 6.92 Å². The van der Waals surface area contributed by atoms with Gasteiger partial charge in [0.05, 0.1) is 23.0 Å². The van der Waals surface area contributed by atoms with Crippen molar-refractivity contribution in [1.82, 2.24) is 0 Å². The Morgan fingerprint density at radius 2 is 1.64 bits per heavy atom. The summed E-state index contributed by atoms with van der Waals surface area (Å²) in [5.41, 5.74) is 0.279. The first-order valence-electron chi connectivity index (χ1n) is 15.3. The predicted octanol–water partition coefficient (Wildman–Crippen LogP) is 7.40. The highest BCUT2D eigenvalue weighted by atomic mass is 32.2. The van der Waals surface area contributed by atoms with Gasteiger partial charge in [-0.3, -0.25) is 9.00 Å². The number of benzene rings is 1. The Balaban J connectivity index is 2.06. The molecule has 39 heavy (non-hydrogen) atoms. The number of aliphatic hydroxyl groups is 1. The van der Waals surface area contributed by atoms with Crippen molar-refractivity contribution in [1.29, 1.82) is 0 Å². The molecule has 1 heterocycles. The van der Waals surface area contributed by atoms with E-state index in [1.165, 1.54) is 44.9 Å². The molecule has 0 amide bonds. The molecule has 0 aromatic heterocycles. The minimum Gasteiger partial charge on any atom is -0.459 e. The fourth-order valence-corrected chi connectivity index (χ4v) is 6.23. The fraction of sp³-hybridized carbons (Fsp3) is 0.781. The molecule has 1 saturated heterocycles. The Bertz CT molecular complexity index is 828. The van der Waals surface area contributed by atoms with Crippen LogP contribution in [0.5, 0.6) is 0 Å². The second-order valence-electron chi connectivity index (χ2n) is 12.0. The second-order valence-corrected chi connectivity index (χ2v) is 13.6. The molecule has 0 aliphatic carbocycles. The Labute approximate surface area is 240 Å². The van der Waals surface area contributed by atoms with Gasteiger partial charge in [-0.15, -0.1) is 0 Å². The standard InChI is InChI=1S/C32H54O6S/c1-6-7-8-9-10-11-12-13-14-17-26(37-29-18-15-16-23-36-29)24-28(33)30(31(34)38-32(3,4)5)39(35)27-21-19-25(2)20-22-27/h19-22,26,28-30,33H,6-18,23-24H2,1-5H3/t26?,28?,29?,30-,39-/m1/s1. The number of esters is 1. The summed E-state index contributed by atoms with van der Waals surface area (Å²) in [5.74, 6) is -0.648. The number of carbonyl (C=O) groups excluding carboxylic acids is 1. The van der Waals surface area contributed by atoms with Crippen LogP contribution < -0.4 is 0 Å². The molecule has 1 aliphatic heterocycles. The van der Waals surface area contributed by atoms with E-state index in [0.717, 1.165) is 44.1 Å². The van der Waals surface area contributed by atoms with E-state index in [4.69, 9.17) is 14.2 Å². The smallest absolute Gasteiger partial charge is 0.325 e. The molecular weight excluding hydrogens is 512 g/mol. The molecule has 0 bridgehead atoms. The van der Waals surface area contributed by atoms with Crippen LogP contribution in [-0.4, -0.2) is 51.2 Å². The van der Waals surface area contributed by atoms with Crippen LogP contribution in [0.2, 0.25) is 0 Å². The summed E-state index contributed by atoms with van der Waals surface area (Å²) >= 11 is 0. The van der Waals surface area contributed by atoms with Crippen LogP contribution in [0.3, 0.4) is 0 Å². The zero-order valence-electron chi connectivity index (χ0n) is 25.1. The quantitative estimate of drug-likeness (QED) is 0.147. The SMILES string of the molecule is CCCCCCCCCCCC(CC(O)[C@H](C(=O)OC(C)(C)C)[S@](=O)c1ccc(C)cc1)OC1CCCCO1. The maximum atomic E-state index is 13.6. The molecule has 5 atom stereocenters. The molecule has 3 unspecified atom stereocenters. The molecule has 1 aliphatic rings. The van der Waals surface area contributed by atoms with Gasteiger partial charge in [0.15, 0.2) is 11.5 Å². The van der Waals surface area contributed by atoms with E-state index < -0.39 is 33.7 Å². The summed E-state index contributed by atoms with van der Waals surface area (Å²) in [7, 11) is -1.77. The molecule has 224 valence electrons. The van der Waals surface area contributed by atoms with E-state index in [1.807, 2.05) is 19.1 Å². The van der Waals surface area contributed by atoms with E-state index in [9.17, 15) is 14.1 Å². The van der Waals surface area contributed by atoms with Crippen LogP contribution in [-0.2, 0) is 29.8 Å². The Kier molecular flexibility index (Phi) is 15.8. The van der Waals surface area contributed by atoms with Gasteiger partial charge in [-0.25, -0.2) is 0 Å². The maximum Gasteiger partial charge on any atom is 0.325 e. The van der Waals surface area contributed by atoms with Gasteiger partial charge < -0.3 is 19.3 Å². The normalized spacial score (nSPS) is 19.3. The first-order chi connectivity index (χ1) is 18.6. The van der Waals surface area contributed by atoms with Crippen LogP contribution in [0.15, 0.2) is 29.2 Å². The lowest BCUT2D eigenvalue weighted by Crippen LogP contribution is -2.44. The van der Waals surface area contributed by atoms with Crippen molar-refractivity contribution < 1.29 is 28.3 Å². The Hall–Kier alpha value is -1.28. The third-order valence-corrected chi connectivity index (χ3v) is 8.79. The van der Waals surface area contributed by atoms with Gasteiger partial charge in [0.25, 0.3) is 0 Å². The second kappa shape index (κ2) is 18.2. The van der Waals surface area contributed by atoms with Gasteiger partial charge in [0.2, 0.25) is 0 Å². The molecule has 1 N–H and O–H groups in total. The minimum atomic E-state index is -1.77. The van der Waals surface area contributed by atoms with Gasteiger partial charge in [-0.1, -0.05) is 82.4 Å². The average Bonchev–Trinajstić information content (AvgIpc) is 2.87. The molecule has 1 aromatic rings. The van der Waals surface area contributed by atoms with Crippen molar-refractivity contribution in [3.05, 3.63) is 29.8 Å². The third kappa shape index (κ3) is 13.8. The summed E-state index contributed by atoms with van der Waals surface area (Å²) < 4.78 is 31.4. The summed E-state index contributed by atoms with van der Waals surface area (Å²) in [6.45, 7) is 10.2. The number of aryl methyl sites for hydroxylation is 1. The number of hydrogen-bond acceptors (Lipinski definition) is 6. The van der Waals surface area contributed by atoms with Crippen molar-refractivity contribution in [2.24, 2.45) is 0 Å². The number of hydrogen-bond donors (Lipinski definition) is 1. The van der Waals surface area contributed by atoms with Crippen molar-refractivity contribution >= 4 is 16.8 Å². The third-order valence-electron chi connectivity index (χ3n) is 7.09. The number of ether oxygens (including phenoxy) is 3. The number of unbranched alkanes of at least 4 members (excludes halogenated alkanes) is 8. The fourth-order valence-electron chi connectivity index (χ4n) is 4.92. The molecule has 1 fully saturated rings. The zero-order valence-corrected chi connectivity index (χ0v) is 25.9. The van der Waals surface area contributed by atoms with Crippen LogP contribution in [0.4, 0.5) is 0 Å². The van der Waals surface area contributed by atoms with Gasteiger partial charge in [-0.2, -0.15) is 0 Å². The molecule has 2 rings (SSSR count). The van der Waals surface area contributed by atoms with Gasteiger partial charge in [0.1, 0.15) is 5.60 Å². The summed E-state index contributed by atoms with van der Waals surface area (Å²) in [6.07, 6.45) is 13.2. The molecule has 1 aromatic carbocycles. The first kappa shape index (κ1) is 33.9. The Morgan fingerprint density at radius 3 is 2.21 bits per heavy atom. The zero-order chi connectivity index (χ0) is 28.7. The van der Waals surface area contributed by atoms with E-state index in [-0.39, 0.29) is 18.8 Å².